The van der Waals surface area contributed by atoms with E-state index in [0.29, 0.717) is 0 Å². The summed E-state index contributed by atoms with van der Waals surface area (Å²) in [6, 6.07) is 18.2. The first-order valence-corrected chi connectivity index (χ1v) is 9.35. The van der Waals surface area contributed by atoms with Gasteiger partial charge in [-0.15, -0.1) is 0 Å². The summed E-state index contributed by atoms with van der Waals surface area (Å²) < 4.78 is 37.5. The number of imidazole rings is 2. The van der Waals surface area contributed by atoms with E-state index in [1.54, 1.807) is 27.9 Å². The lowest BCUT2D eigenvalue weighted by molar-refractivity contribution is -0.645. The molecule has 0 unspecified atom stereocenters. The summed E-state index contributed by atoms with van der Waals surface area (Å²) in [6.45, 7) is 0. The number of fused-ring (bicyclic) bond motifs is 2. The lowest BCUT2D eigenvalue weighted by atomic mass is 10.1. The number of halogens is 2. The van der Waals surface area contributed by atoms with Crippen molar-refractivity contribution in [3.8, 4) is 17.4 Å². The zero-order valence-electron chi connectivity index (χ0n) is 16.3. The summed E-state index contributed by atoms with van der Waals surface area (Å²) in [5.74, 6) is -1.78. The Hall–Kier alpha value is -4.05. The molecule has 5 nitrogen and oxygen atoms in total. The second-order valence-corrected chi connectivity index (χ2v) is 7.20. The first-order valence-electron chi connectivity index (χ1n) is 9.35. The molecule has 7 heteroatoms. The van der Waals surface area contributed by atoms with Crippen molar-refractivity contribution in [2.45, 2.75) is 0 Å². The number of hydrogen-bond donors (Lipinski definition) is 0. The molecule has 2 heterocycles. The molecule has 5 aromatic rings. The molecule has 0 spiro atoms. The van der Waals surface area contributed by atoms with E-state index < -0.39 is 17.2 Å². The molecular weight excluding hydrogens is 384 g/mol. The van der Waals surface area contributed by atoms with Gasteiger partial charge in [0.1, 0.15) is 11.6 Å². The van der Waals surface area contributed by atoms with Crippen LogP contribution in [0.5, 0.6) is 0 Å². The van der Waals surface area contributed by atoms with E-state index in [-0.39, 0.29) is 11.4 Å². The van der Waals surface area contributed by atoms with Crippen molar-refractivity contribution < 1.29 is 17.9 Å². The number of benzene rings is 3. The van der Waals surface area contributed by atoms with E-state index in [4.69, 9.17) is 0 Å². The fraction of sp³-hybridized carbons (Fsp3) is 0.0870. The molecule has 0 bridgehead atoms. The third kappa shape index (κ3) is 2.44. The highest BCUT2D eigenvalue weighted by atomic mass is 19.1. The average molecular weight is 401 g/mol. The Bertz CT molecular complexity index is 1400. The number of aryl methyl sites for hydroxylation is 2. The van der Waals surface area contributed by atoms with Gasteiger partial charge in [0.2, 0.25) is 12.7 Å². The second kappa shape index (κ2) is 6.49. The topological polar surface area (TPSA) is 41.4 Å². The van der Waals surface area contributed by atoms with E-state index >= 15 is 8.78 Å². The molecule has 0 aliphatic rings. The van der Waals surface area contributed by atoms with Gasteiger partial charge in [-0.3, -0.25) is 0 Å². The van der Waals surface area contributed by atoms with Crippen LogP contribution in [0.1, 0.15) is 5.56 Å². The van der Waals surface area contributed by atoms with Crippen molar-refractivity contribution in [2.75, 3.05) is 0 Å². The first-order chi connectivity index (χ1) is 14.5. The lowest BCUT2D eigenvalue weighted by Crippen LogP contribution is -2.25. The van der Waals surface area contributed by atoms with Gasteiger partial charge in [0.15, 0.2) is 45.1 Å². The highest BCUT2D eigenvalue weighted by molar-refractivity contribution is 5.76. The van der Waals surface area contributed by atoms with Crippen LogP contribution in [0.3, 0.4) is 0 Å². The average Bonchev–Trinajstić information content (AvgIpc) is 3.27. The maximum atomic E-state index is 15.3. The van der Waals surface area contributed by atoms with E-state index in [1.807, 2.05) is 71.8 Å². The number of aromatic nitrogens is 4. The van der Waals surface area contributed by atoms with Crippen LogP contribution in [-0.4, -0.2) is 9.13 Å². The molecule has 0 radical (unpaired) electrons. The fourth-order valence-electron chi connectivity index (χ4n) is 3.97. The molecule has 0 saturated carbocycles. The molecule has 0 aliphatic heterocycles. The standard InChI is InChI=1S/C23H17F2N5/c1-27-13-29(18-9-5-3-7-16(18)27)20-11-21(23(25)15(12-26)22(20)24)30-14-28(2)17-8-4-6-10-19(17)30/h3-11,13-14H,1-2H3/q+2. The summed E-state index contributed by atoms with van der Waals surface area (Å²) in [4.78, 5) is 0. The van der Waals surface area contributed by atoms with Crippen LogP contribution in [0.4, 0.5) is 8.78 Å². The van der Waals surface area contributed by atoms with Crippen LogP contribution < -0.4 is 9.13 Å². The number of nitrogens with zero attached hydrogens (tertiary/aromatic N) is 5. The SMILES string of the molecule is C[n+]1cn(-c2cc(-n3c[n+](C)c4ccccc43)c(F)c(C#N)c2F)c2ccccc21. The quantitative estimate of drug-likeness (QED) is 0.418. The van der Waals surface area contributed by atoms with Gasteiger partial charge in [-0.2, -0.15) is 14.4 Å². The van der Waals surface area contributed by atoms with Crippen molar-refractivity contribution in [1.82, 2.24) is 9.13 Å². The van der Waals surface area contributed by atoms with Crippen molar-refractivity contribution in [3.05, 3.63) is 84.4 Å². The Morgan fingerprint density at radius 2 is 1.20 bits per heavy atom. The fourth-order valence-corrected chi connectivity index (χ4v) is 3.97. The minimum atomic E-state index is -0.888. The predicted molar refractivity (Wildman–Crippen MR) is 107 cm³/mol. The lowest BCUT2D eigenvalue weighted by Gasteiger charge is -2.07. The zero-order valence-corrected chi connectivity index (χ0v) is 16.3. The van der Waals surface area contributed by atoms with Crippen molar-refractivity contribution in [3.63, 3.8) is 0 Å². The predicted octanol–water partition coefficient (Wildman–Crippen LogP) is 3.37. The molecule has 0 aliphatic carbocycles. The van der Waals surface area contributed by atoms with Crippen LogP contribution in [0.25, 0.3) is 33.4 Å². The molecule has 5 rings (SSSR count). The summed E-state index contributed by atoms with van der Waals surface area (Å²) in [5, 5.41) is 9.52. The van der Waals surface area contributed by atoms with E-state index in [2.05, 4.69) is 0 Å². The third-order valence-electron chi connectivity index (χ3n) is 5.41. The summed E-state index contributed by atoms with van der Waals surface area (Å²) in [5.41, 5.74) is 2.90. The highest BCUT2D eigenvalue weighted by Crippen LogP contribution is 2.29. The van der Waals surface area contributed by atoms with Gasteiger partial charge in [0.25, 0.3) is 0 Å². The monoisotopic (exact) mass is 401 g/mol. The van der Waals surface area contributed by atoms with Crippen molar-refractivity contribution >= 4 is 22.1 Å². The van der Waals surface area contributed by atoms with Gasteiger partial charge in [0.05, 0.1) is 14.1 Å². The number of nitriles is 1. The van der Waals surface area contributed by atoms with E-state index in [1.165, 1.54) is 6.07 Å². The summed E-state index contributed by atoms with van der Waals surface area (Å²) in [6.07, 6.45) is 3.44. The van der Waals surface area contributed by atoms with Gasteiger partial charge in [-0.25, -0.2) is 17.9 Å². The van der Waals surface area contributed by atoms with Gasteiger partial charge < -0.3 is 0 Å². The second-order valence-electron chi connectivity index (χ2n) is 7.20. The molecule has 0 amide bonds. The molecule has 0 saturated heterocycles. The molecule has 146 valence electrons. The van der Waals surface area contributed by atoms with Gasteiger partial charge in [-0.05, 0) is 24.3 Å². The number of hydrogen-bond acceptors (Lipinski definition) is 1. The number of para-hydroxylation sites is 4. The molecular formula is C23H17F2N5+2. The maximum absolute atomic E-state index is 15.3. The van der Waals surface area contributed by atoms with Crippen LogP contribution in [0, 0.1) is 23.0 Å². The minimum absolute atomic E-state index is 0.111. The Labute approximate surface area is 170 Å². The Balaban J connectivity index is 1.87. The maximum Gasteiger partial charge on any atom is 0.249 e. The molecule has 2 aromatic heterocycles. The molecule has 0 N–H and O–H groups in total. The van der Waals surface area contributed by atoms with Crippen LogP contribution in [-0.2, 0) is 14.1 Å². The zero-order chi connectivity index (χ0) is 21.0. The van der Waals surface area contributed by atoms with Gasteiger partial charge in [-0.1, -0.05) is 24.3 Å². The van der Waals surface area contributed by atoms with Crippen LogP contribution in [0.2, 0.25) is 0 Å². The van der Waals surface area contributed by atoms with Crippen molar-refractivity contribution in [2.24, 2.45) is 14.1 Å². The third-order valence-corrected chi connectivity index (χ3v) is 5.41. The van der Waals surface area contributed by atoms with E-state index in [9.17, 15) is 5.26 Å². The molecule has 3 aromatic carbocycles. The Kier molecular flexibility index (Phi) is 3.90. The summed E-state index contributed by atoms with van der Waals surface area (Å²) in [7, 11) is 3.71. The smallest absolute Gasteiger partial charge is 0.232 e. The minimum Gasteiger partial charge on any atom is -0.232 e. The molecule has 30 heavy (non-hydrogen) atoms. The first kappa shape index (κ1) is 18.0. The Morgan fingerprint density at radius 1 is 0.767 bits per heavy atom. The van der Waals surface area contributed by atoms with Crippen LogP contribution >= 0.6 is 0 Å². The van der Waals surface area contributed by atoms with Gasteiger partial charge >= 0.3 is 0 Å². The molecule has 0 atom stereocenters. The van der Waals surface area contributed by atoms with E-state index in [0.717, 1.165) is 22.1 Å². The normalized spacial score (nSPS) is 11.3. The van der Waals surface area contributed by atoms with Crippen molar-refractivity contribution in [1.29, 1.82) is 5.26 Å². The van der Waals surface area contributed by atoms with Gasteiger partial charge in [0, 0.05) is 6.07 Å². The Morgan fingerprint density at radius 3 is 1.63 bits per heavy atom. The molecule has 0 fully saturated rings. The largest absolute Gasteiger partial charge is 0.249 e. The summed E-state index contributed by atoms with van der Waals surface area (Å²) >= 11 is 0. The highest BCUT2D eigenvalue weighted by Gasteiger charge is 2.29. The van der Waals surface area contributed by atoms with Crippen LogP contribution in [0.15, 0.2) is 67.3 Å². The number of rotatable bonds is 2.